The molecule has 0 bridgehead atoms. The predicted molar refractivity (Wildman–Crippen MR) is 134 cm³/mol. The number of rotatable bonds is 13. The number of phenolic OH excluding ortho intramolecular Hbond substituents is 1. The van der Waals surface area contributed by atoms with Crippen LogP contribution in [0.1, 0.15) is 11.1 Å². The summed E-state index contributed by atoms with van der Waals surface area (Å²) in [5.41, 5.74) is 7.31. The van der Waals surface area contributed by atoms with E-state index in [9.17, 15) is 34.5 Å². The van der Waals surface area contributed by atoms with Crippen LogP contribution < -0.4 is 21.7 Å². The van der Waals surface area contributed by atoms with E-state index in [1.54, 1.807) is 24.3 Å². The number of hydrogen-bond acceptors (Lipinski definition) is 8. The van der Waals surface area contributed by atoms with Gasteiger partial charge in [0.25, 0.3) is 0 Å². The summed E-state index contributed by atoms with van der Waals surface area (Å²) < 4.78 is 0. The van der Waals surface area contributed by atoms with Crippen molar-refractivity contribution in [1.29, 1.82) is 0 Å². The van der Waals surface area contributed by atoms with Crippen molar-refractivity contribution < 1.29 is 34.5 Å². The van der Waals surface area contributed by atoms with Crippen molar-refractivity contribution in [3.05, 3.63) is 65.7 Å². The number of carbonyl (C=O) groups excluding carboxylic acids is 3. The Bertz CT molecular complexity index is 1040. The summed E-state index contributed by atoms with van der Waals surface area (Å²) in [6.07, 6.45) is 0.148. The van der Waals surface area contributed by atoms with Gasteiger partial charge in [-0.1, -0.05) is 42.5 Å². The molecule has 0 heterocycles. The van der Waals surface area contributed by atoms with Crippen molar-refractivity contribution in [1.82, 2.24) is 16.0 Å². The molecule has 3 amide bonds. The molecule has 194 valence electrons. The molecular weight excluding hydrogens is 488 g/mol. The largest absolute Gasteiger partial charge is 0.508 e. The van der Waals surface area contributed by atoms with Gasteiger partial charge in [0.15, 0.2) is 0 Å². The average Bonchev–Trinajstić information content (AvgIpc) is 2.86. The van der Waals surface area contributed by atoms with Crippen LogP contribution in [0.5, 0.6) is 5.75 Å². The lowest BCUT2D eigenvalue weighted by Crippen LogP contribution is -2.58. The number of thiol groups is 1. The Labute approximate surface area is 213 Å². The average molecular weight is 519 g/mol. The third-order valence-electron chi connectivity index (χ3n) is 5.26. The van der Waals surface area contributed by atoms with Crippen LogP contribution >= 0.6 is 12.6 Å². The van der Waals surface area contributed by atoms with Gasteiger partial charge in [0.1, 0.15) is 23.9 Å². The first-order valence-electron chi connectivity index (χ1n) is 11.1. The van der Waals surface area contributed by atoms with Gasteiger partial charge in [-0.3, -0.25) is 14.4 Å². The number of aromatic hydroxyl groups is 1. The molecule has 0 aliphatic rings. The maximum absolute atomic E-state index is 12.9. The van der Waals surface area contributed by atoms with Gasteiger partial charge < -0.3 is 37.0 Å². The van der Waals surface area contributed by atoms with Gasteiger partial charge in [-0.15, -0.1) is 0 Å². The molecule has 2 aromatic carbocycles. The van der Waals surface area contributed by atoms with Crippen LogP contribution in [0.3, 0.4) is 0 Å². The zero-order chi connectivity index (χ0) is 26.7. The van der Waals surface area contributed by atoms with E-state index in [2.05, 4.69) is 28.6 Å². The summed E-state index contributed by atoms with van der Waals surface area (Å²) in [5, 5.41) is 35.5. The monoisotopic (exact) mass is 518 g/mol. The standard InChI is InChI=1S/C24H30N4O7S/c25-17(10-14-4-2-1-3-5-14)21(31)27-19(12-29)23(33)26-18(11-15-6-8-16(30)9-7-15)22(32)28-20(13-36)24(34)35/h1-9,17-20,29-30,36H,10-13,25H2,(H,26,33)(H,27,31)(H,28,32)(H,34,35). The van der Waals surface area contributed by atoms with Crippen LogP contribution in [0.4, 0.5) is 0 Å². The number of aliphatic carboxylic acids is 1. The van der Waals surface area contributed by atoms with Gasteiger partial charge in [-0.05, 0) is 29.7 Å². The van der Waals surface area contributed by atoms with E-state index in [1.807, 2.05) is 6.07 Å². The predicted octanol–water partition coefficient (Wildman–Crippen LogP) is -1.03. The molecule has 2 aromatic rings. The second-order valence-corrected chi connectivity index (χ2v) is 8.42. The highest BCUT2D eigenvalue weighted by Crippen LogP contribution is 2.12. The highest BCUT2D eigenvalue weighted by molar-refractivity contribution is 7.80. The fraction of sp³-hybridized carbons (Fsp3) is 0.333. The smallest absolute Gasteiger partial charge is 0.327 e. The zero-order valence-corrected chi connectivity index (χ0v) is 20.2. The quantitative estimate of drug-likeness (QED) is 0.154. The number of benzene rings is 2. The number of nitrogens with two attached hydrogens (primary N) is 1. The fourth-order valence-electron chi connectivity index (χ4n) is 3.24. The lowest BCUT2D eigenvalue weighted by atomic mass is 10.0. The van der Waals surface area contributed by atoms with Crippen LogP contribution in [0, 0.1) is 0 Å². The van der Waals surface area contributed by atoms with Gasteiger partial charge in [-0.25, -0.2) is 4.79 Å². The summed E-state index contributed by atoms with van der Waals surface area (Å²) in [4.78, 5) is 49.5. The van der Waals surface area contributed by atoms with E-state index < -0.39 is 54.5 Å². The zero-order valence-electron chi connectivity index (χ0n) is 19.3. The number of phenols is 1. The van der Waals surface area contributed by atoms with Gasteiger partial charge >= 0.3 is 5.97 Å². The molecule has 0 aromatic heterocycles. The molecule has 4 unspecified atom stereocenters. The molecule has 4 atom stereocenters. The number of carboxylic acid groups (broad SMARTS) is 1. The molecule has 0 radical (unpaired) electrons. The van der Waals surface area contributed by atoms with Crippen molar-refractivity contribution in [2.75, 3.05) is 12.4 Å². The molecule has 2 rings (SSSR count). The topological polar surface area (TPSA) is 191 Å². The Morgan fingerprint density at radius 3 is 1.86 bits per heavy atom. The minimum Gasteiger partial charge on any atom is -0.508 e. The molecule has 0 aliphatic heterocycles. The summed E-state index contributed by atoms with van der Waals surface area (Å²) >= 11 is 3.92. The molecule has 8 N–H and O–H groups in total. The molecular formula is C24H30N4O7S. The van der Waals surface area contributed by atoms with Crippen molar-refractivity contribution >= 4 is 36.3 Å². The second-order valence-electron chi connectivity index (χ2n) is 8.05. The highest BCUT2D eigenvalue weighted by atomic mass is 32.1. The van der Waals surface area contributed by atoms with Crippen LogP contribution in [-0.2, 0) is 32.0 Å². The molecule has 0 saturated carbocycles. The van der Waals surface area contributed by atoms with Crippen molar-refractivity contribution in [3.63, 3.8) is 0 Å². The molecule has 0 aliphatic carbocycles. The number of aliphatic hydroxyl groups excluding tert-OH is 1. The van der Waals surface area contributed by atoms with E-state index in [-0.39, 0.29) is 24.3 Å². The molecule has 12 heteroatoms. The Kier molecular flexibility index (Phi) is 11.2. The third kappa shape index (κ3) is 8.87. The summed E-state index contributed by atoms with van der Waals surface area (Å²) in [6, 6.07) is 9.90. The van der Waals surface area contributed by atoms with E-state index in [0.717, 1.165) is 5.56 Å². The molecule has 0 saturated heterocycles. The number of carboxylic acids is 1. The minimum atomic E-state index is -1.41. The van der Waals surface area contributed by atoms with E-state index in [4.69, 9.17) is 5.73 Å². The lowest BCUT2D eigenvalue weighted by molar-refractivity contribution is -0.141. The highest BCUT2D eigenvalue weighted by Gasteiger charge is 2.30. The van der Waals surface area contributed by atoms with E-state index >= 15 is 0 Å². The molecule has 0 spiro atoms. The van der Waals surface area contributed by atoms with Gasteiger partial charge in [-0.2, -0.15) is 12.6 Å². The number of nitrogens with one attached hydrogen (secondary N) is 3. The van der Waals surface area contributed by atoms with Crippen molar-refractivity contribution in [2.45, 2.75) is 37.0 Å². The number of amides is 3. The fourth-order valence-corrected chi connectivity index (χ4v) is 3.49. The van der Waals surface area contributed by atoms with Gasteiger partial charge in [0.2, 0.25) is 17.7 Å². The first kappa shape index (κ1) is 28.6. The normalized spacial score (nSPS) is 14.1. The van der Waals surface area contributed by atoms with Crippen molar-refractivity contribution in [2.24, 2.45) is 5.73 Å². The van der Waals surface area contributed by atoms with E-state index in [1.165, 1.54) is 24.3 Å². The Morgan fingerprint density at radius 1 is 0.778 bits per heavy atom. The number of carbonyl (C=O) groups is 4. The van der Waals surface area contributed by atoms with Crippen LogP contribution in [-0.4, -0.2) is 75.5 Å². The van der Waals surface area contributed by atoms with Crippen LogP contribution in [0.2, 0.25) is 0 Å². The Hall–Kier alpha value is -3.61. The summed E-state index contributed by atoms with van der Waals surface area (Å²) in [7, 11) is 0. The van der Waals surface area contributed by atoms with Gasteiger partial charge in [0, 0.05) is 12.2 Å². The van der Waals surface area contributed by atoms with Crippen LogP contribution in [0.15, 0.2) is 54.6 Å². The molecule has 0 fully saturated rings. The maximum atomic E-state index is 12.9. The van der Waals surface area contributed by atoms with E-state index in [0.29, 0.717) is 5.56 Å². The SMILES string of the molecule is NC(Cc1ccccc1)C(=O)NC(CO)C(=O)NC(Cc1ccc(O)cc1)C(=O)NC(CS)C(=O)O. The Morgan fingerprint density at radius 2 is 1.31 bits per heavy atom. The first-order valence-corrected chi connectivity index (χ1v) is 11.7. The second kappa shape index (κ2) is 14.1. The lowest BCUT2D eigenvalue weighted by Gasteiger charge is -2.24. The molecule has 11 nitrogen and oxygen atoms in total. The Balaban J connectivity index is 2.11. The maximum Gasteiger partial charge on any atom is 0.327 e. The first-order chi connectivity index (χ1) is 17.1. The third-order valence-corrected chi connectivity index (χ3v) is 5.62. The van der Waals surface area contributed by atoms with Crippen LogP contribution in [0.25, 0.3) is 0 Å². The van der Waals surface area contributed by atoms with Gasteiger partial charge in [0.05, 0.1) is 12.6 Å². The summed E-state index contributed by atoms with van der Waals surface area (Å²) in [5.74, 6) is -3.83. The number of hydrogen-bond donors (Lipinski definition) is 8. The molecule has 36 heavy (non-hydrogen) atoms. The van der Waals surface area contributed by atoms with Crippen molar-refractivity contribution in [3.8, 4) is 5.75 Å². The summed E-state index contributed by atoms with van der Waals surface area (Å²) in [6.45, 7) is -0.766. The minimum absolute atomic E-state index is 0.000277. The number of aliphatic hydroxyl groups is 1.